The van der Waals surface area contributed by atoms with E-state index in [1.165, 1.54) is 6.08 Å². The molecule has 19 N–H and O–H groups in total. The monoisotopic (exact) mass is 1110 g/mol. The number of likely N-dealkylation sites (N-methyl/N-ethyl adjacent to an activating group) is 1. The number of nitrogens with zero attached hydrogens (tertiary/aromatic N) is 1. The van der Waals surface area contributed by atoms with E-state index in [2.05, 4.69) is 37.2 Å². The highest BCUT2D eigenvalue weighted by Crippen LogP contribution is 2.57. The van der Waals surface area contributed by atoms with Gasteiger partial charge in [0.2, 0.25) is 5.91 Å². The number of carboxylic acid groups (broad SMARTS) is 1. The Bertz CT molecular complexity index is 2700. The summed E-state index contributed by atoms with van der Waals surface area (Å²) in [5, 5.41) is 85.4. The summed E-state index contributed by atoms with van der Waals surface area (Å²) in [6, 6.07) is 10.8. The Labute approximate surface area is 466 Å². The lowest BCUT2D eigenvalue weighted by molar-refractivity contribution is -0.138. The molecule has 0 bridgehead atoms. The molecule has 0 fully saturated rings. The van der Waals surface area contributed by atoms with Gasteiger partial charge >= 0.3 is 11.9 Å². The van der Waals surface area contributed by atoms with E-state index in [1.54, 1.807) is 62.5 Å². The van der Waals surface area contributed by atoms with Gasteiger partial charge in [-0.2, -0.15) is 0 Å². The molecule has 1 aliphatic carbocycles. The van der Waals surface area contributed by atoms with Crippen molar-refractivity contribution in [3.63, 3.8) is 0 Å². The van der Waals surface area contributed by atoms with Crippen molar-refractivity contribution < 1.29 is 59.3 Å². The minimum Gasteiger partial charge on any atom is -0.481 e. The SMILES string of the molecule is CNC(C)C(=O)NC(CCC(=O)O)C(O)NC(C=CC1C=CC=CC1)C(O)NC(CCCNC(N)N)C(O)NC(C=CCCCCCNC(=O)c1ccc2c(c1)C1(OC2=O)c2ccc(N)cc2Oc2cc(N(C)C)ccc21)C(O)O. The number of rotatable bonds is 32. The first-order chi connectivity index (χ1) is 38.2. The summed E-state index contributed by atoms with van der Waals surface area (Å²) in [4.78, 5) is 53.6. The maximum absolute atomic E-state index is 13.7. The molecule has 436 valence electrons. The molecule has 10 atom stereocenters. The standard InChI is InChI=1S/C57H81N11O12/c1-33(61-2)49(71)64-44(26-27-48(69)70)53(75)66-43(25-18-34-14-9-8-10-15-34)52(74)65-42(17-13-29-63-56(59)60)51(73)67-45(54(76)77)16-11-6-5-7-12-28-62-50(72)35-19-22-38-41(30-35)57(80-55(38)78)39-23-20-36(58)31-46(39)79-47-32-37(68(3)4)21-24-40(47)57/h8-11,14,16,18-25,30-34,42-45,51-54,56,61,63,65-67,73-77H,5-7,12-13,15,17,26-29,58-60H2,1-4H3,(H,62,72)(H,64,71)(H,69,70). The van der Waals surface area contributed by atoms with Crippen LogP contribution in [0.3, 0.4) is 0 Å². The van der Waals surface area contributed by atoms with E-state index in [9.17, 15) is 49.8 Å². The third-order valence-corrected chi connectivity index (χ3v) is 14.3. The van der Waals surface area contributed by atoms with Crippen LogP contribution in [0.4, 0.5) is 11.4 Å². The van der Waals surface area contributed by atoms with Gasteiger partial charge in [-0.3, -0.25) is 35.7 Å². The number of carbonyl (C=O) groups is 4. The average Bonchev–Trinajstić information content (AvgIpc) is 3.45. The topological polar surface area (TPSA) is 374 Å². The number of anilines is 2. The molecule has 1 spiro atoms. The Kier molecular flexibility index (Phi) is 23.3. The average molecular weight is 1110 g/mol. The fourth-order valence-corrected chi connectivity index (χ4v) is 9.65. The second-order valence-corrected chi connectivity index (χ2v) is 20.5. The highest BCUT2D eigenvalue weighted by atomic mass is 16.6. The first-order valence-corrected chi connectivity index (χ1v) is 27.1. The van der Waals surface area contributed by atoms with Crippen LogP contribution in [-0.4, -0.2) is 150 Å². The van der Waals surface area contributed by atoms with Crippen LogP contribution >= 0.6 is 0 Å². The van der Waals surface area contributed by atoms with Crippen LogP contribution in [-0.2, 0) is 19.9 Å². The van der Waals surface area contributed by atoms with Gasteiger partial charge in [-0.15, -0.1) is 0 Å². The number of benzene rings is 3. The molecule has 3 aliphatic rings. The Morgan fingerprint density at radius 2 is 1.54 bits per heavy atom. The second kappa shape index (κ2) is 29.8. The minimum absolute atomic E-state index is 0.0567. The van der Waals surface area contributed by atoms with Crippen LogP contribution < -0.4 is 64.1 Å². The van der Waals surface area contributed by atoms with Gasteiger partial charge in [0.25, 0.3) is 5.91 Å². The Hall–Kier alpha value is -6.58. The number of esters is 1. The number of unbranched alkanes of at least 4 members (excludes halogenated alkanes) is 3. The van der Waals surface area contributed by atoms with Gasteiger partial charge in [-0.1, -0.05) is 55.0 Å². The molecule has 0 radical (unpaired) electrons. The first-order valence-electron chi connectivity index (χ1n) is 27.1. The molecule has 2 amide bonds. The number of fused-ring (bicyclic) bond motifs is 6. The third-order valence-electron chi connectivity index (χ3n) is 14.3. The van der Waals surface area contributed by atoms with Crippen LogP contribution in [0.15, 0.2) is 103 Å². The predicted molar refractivity (Wildman–Crippen MR) is 303 cm³/mol. The van der Waals surface area contributed by atoms with Gasteiger partial charge in [0.15, 0.2) is 11.9 Å². The van der Waals surface area contributed by atoms with E-state index in [0.717, 1.165) is 5.69 Å². The number of aliphatic carboxylic acids is 1. The second-order valence-electron chi connectivity index (χ2n) is 20.5. The first kappa shape index (κ1) is 62.6. The number of carboxylic acids is 1. The highest BCUT2D eigenvalue weighted by Gasteiger charge is 2.54. The molecule has 0 saturated carbocycles. The zero-order chi connectivity index (χ0) is 58.1. The number of nitrogen functional groups attached to an aromatic ring is 1. The van der Waals surface area contributed by atoms with Crippen molar-refractivity contribution in [1.82, 2.24) is 37.2 Å². The summed E-state index contributed by atoms with van der Waals surface area (Å²) in [5.74, 6) is -1.62. The van der Waals surface area contributed by atoms with Gasteiger partial charge in [0.1, 0.15) is 36.5 Å². The maximum atomic E-state index is 13.7. The molecule has 2 heterocycles. The smallest absolute Gasteiger partial charge is 0.340 e. The van der Waals surface area contributed by atoms with Crippen molar-refractivity contribution in [2.75, 3.05) is 44.9 Å². The summed E-state index contributed by atoms with van der Waals surface area (Å²) in [5.41, 5.74) is 19.8. The molecule has 23 heteroatoms. The molecule has 3 aromatic carbocycles. The fraction of sp³-hybridized carbons (Fsp3) is 0.474. The Morgan fingerprint density at radius 1 is 0.812 bits per heavy atom. The van der Waals surface area contributed by atoms with Gasteiger partial charge in [-0.25, -0.2) is 4.79 Å². The number of hydrogen-bond acceptors (Lipinski definition) is 20. The zero-order valence-corrected chi connectivity index (χ0v) is 45.8. The van der Waals surface area contributed by atoms with Crippen LogP contribution in [0, 0.1) is 5.92 Å². The number of ether oxygens (including phenoxy) is 2. The zero-order valence-electron chi connectivity index (χ0n) is 45.8. The molecule has 6 rings (SSSR count). The molecule has 0 aromatic heterocycles. The number of aliphatic hydroxyl groups excluding tert-OH is 4. The van der Waals surface area contributed by atoms with E-state index < -0.39 is 84.9 Å². The summed E-state index contributed by atoms with van der Waals surface area (Å²) >= 11 is 0. The lowest BCUT2D eigenvalue weighted by Gasteiger charge is -2.37. The predicted octanol–water partition coefficient (Wildman–Crippen LogP) is 1.11. The van der Waals surface area contributed by atoms with Crippen LogP contribution in [0.1, 0.15) is 102 Å². The van der Waals surface area contributed by atoms with Crippen LogP contribution in [0.2, 0.25) is 0 Å². The van der Waals surface area contributed by atoms with Gasteiger partial charge in [-0.05, 0) is 114 Å². The van der Waals surface area contributed by atoms with E-state index in [0.29, 0.717) is 96.6 Å². The Morgan fingerprint density at radius 3 is 2.23 bits per heavy atom. The van der Waals surface area contributed by atoms with Crippen LogP contribution in [0.5, 0.6) is 11.5 Å². The van der Waals surface area contributed by atoms with Crippen molar-refractivity contribution in [2.24, 2.45) is 17.4 Å². The fourth-order valence-electron chi connectivity index (χ4n) is 9.65. The number of hydrogen-bond donors (Lipinski definition) is 16. The van der Waals surface area contributed by atoms with Crippen molar-refractivity contribution in [2.45, 2.75) is 132 Å². The van der Waals surface area contributed by atoms with Gasteiger partial charge in [0, 0.05) is 78.9 Å². The number of amides is 2. The summed E-state index contributed by atoms with van der Waals surface area (Å²) < 4.78 is 12.6. The maximum Gasteiger partial charge on any atom is 0.340 e. The highest BCUT2D eigenvalue weighted by molar-refractivity contribution is 6.00. The number of allylic oxidation sites excluding steroid dienone is 6. The summed E-state index contributed by atoms with van der Waals surface area (Å²) in [6.07, 6.45) is 10.4. The third kappa shape index (κ3) is 16.7. The lowest BCUT2D eigenvalue weighted by Crippen LogP contribution is -2.62. The lowest BCUT2D eigenvalue weighted by atomic mass is 9.77. The van der Waals surface area contributed by atoms with E-state index in [1.807, 2.05) is 67.6 Å². The normalized spacial score (nSPS) is 19.4. The molecule has 0 saturated heterocycles. The quantitative estimate of drug-likeness (QED) is 0.0137. The van der Waals surface area contributed by atoms with Gasteiger partial charge in [0.05, 0.1) is 29.7 Å². The molecule has 10 unspecified atom stereocenters. The van der Waals surface area contributed by atoms with Crippen molar-refractivity contribution in [1.29, 1.82) is 0 Å². The number of nitrogens with two attached hydrogens (primary N) is 3. The van der Waals surface area contributed by atoms with Crippen molar-refractivity contribution in [3.05, 3.63) is 131 Å². The largest absolute Gasteiger partial charge is 0.481 e. The van der Waals surface area contributed by atoms with Crippen LogP contribution in [0.25, 0.3) is 0 Å². The summed E-state index contributed by atoms with van der Waals surface area (Å²) in [7, 11) is 5.40. The minimum atomic E-state index is -1.95. The Balaban J connectivity index is 1.06. The molecule has 3 aromatic rings. The summed E-state index contributed by atoms with van der Waals surface area (Å²) in [6.45, 7) is 2.28. The molecule has 23 nitrogen and oxygen atoms in total. The number of aliphatic hydroxyl groups is 5. The van der Waals surface area contributed by atoms with E-state index >= 15 is 0 Å². The van der Waals surface area contributed by atoms with Gasteiger partial charge < -0.3 is 78.2 Å². The molecule has 80 heavy (non-hydrogen) atoms. The molecular formula is C57H81N11O12. The van der Waals surface area contributed by atoms with Crippen molar-refractivity contribution in [3.8, 4) is 11.5 Å². The van der Waals surface area contributed by atoms with Crippen molar-refractivity contribution >= 4 is 35.1 Å². The number of nitrogens with one attached hydrogen (secondary N) is 7. The van der Waals surface area contributed by atoms with E-state index in [-0.39, 0.29) is 31.1 Å². The number of carbonyl (C=O) groups excluding carboxylic acids is 3. The molecule has 2 aliphatic heterocycles. The molecular weight excluding hydrogens is 1030 g/mol. The van der Waals surface area contributed by atoms with E-state index in [4.69, 9.17) is 26.7 Å².